The van der Waals surface area contributed by atoms with Gasteiger partial charge in [-0.2, -0.15) is 0 Å². The fourth-order valence-electron chi connectivity index (χ4n) is 1.97. The van der Waals surface area contributed by atoms with Gasteiger partial charge in [0.25, 0.3) is 0 Å². The molecular weight excluding hydrogens is 282 g/mol. The molecule has 4 nitrogen and oxygen atoms in total. The van der Waals surface area contributed by atoms with E-state index in [2.05, 4.69) is 0 Å². The van der Waals surface area contributed by atoms with Crippen LogP contribution in [0, 0.1) is 11.6 Å². The lowest BCUT2D eigenvalue weighted by atomic mass is 10.2. The van der Waals surface area contributed by atoms with Crippen LogP contribution < -0.4 is 14.2 Å². The molecule has 0 fully saturated rings. The maximum atomic E-state index is 13.5. The molecule has 3 rings (SSSR count). The summed E-state index contributed by atoms with van der Waals surface area (Å²) in [5.74, 6) is -0.807. The Hall–Kier alpha value is -2.63. The fraction of sp³-hybridized carbons (Fsp3) is 0.133. The van der Waals surface area contributed by atoms with Gasteiger partial charge in [0.15, 0.2) is 29.4 Å². The molecule has 0 atom stereocenters. The molecule has 1 aliphatic rings. The summed E-state index contributed by atoms with van der Waals surface area (Å²) in [4.78, 5) is 11.0. The van der Waals surface area contributed by atoms with E-state index >= 15 is 0 Å². The molecule has 0 spiro atoms. The molecule has 2 aromatic rings. The predicted octanol–water partition coefficient (Wildman–Crippen LogP) is 3.09. The number of rotatable bonds is 4. The van der Waals surface area contributed by atoms with E-state index in [4.69, 9.17) is 14.2 Å². The van der Waals surface area contributed by atoms with E-state index in [0.717, 1.165) is 6.07 Å². The van der Waals surface area contributed by atoms with Crippen molar-refractivity contribution in [2.75, 3.05) is 6.79 Å². The average Bonchev–Trinajstić information content (AvgIpc) is 2.95. The molecule has 1 heterocycles. The first-order valence-electron chi connectivity index (χ1n) is 6.13. The molecule has 0 radical (unpaired) electrons. The van der Waals surface area contributed by atoms with Gasteiger partial charge >= 0.3 is 0 Å². The Morgan fingerprint density at radius 1 is 1.19 bits per heavy atom. The Labute approximate surface area is 118 Å². The molecule has 0 aromatic heterocycles. The molecule has 0 N–H and O–H groups in total. The number of hydrogen-bond acceptors (Lipinski definition) is 4. The summed E-state index contributed by atoms with van der Waals surface area (Å²) >= 11 is 0. The molecule has 108 valence electrons. The standard InChI is InChI=1S/C15H10F2O4/c16-11-3-1-2-9(15(11)17)7-19-12-5-14-13(20-8-21-14)4-10(12)6-18/h1-6H,7-8H2. The van der Waals surface area contributed by atoms with Crippen LogP contribution in [0.5, 0.6) is 17.2 Å². The van der Waals surface area contributed by atoms with E-state index in [-0.39, 0.29) is 30.3 Å². The van der Waals surface area contributed by atoms with Crippen LogP contribution in [0.1, 0.15) is 15.9 Å². The molecule has 2 aromatic carbocycles. The first-order valence-corrected chi connectivity index (χ1v) is 6.13. The summed E-state index contributed by atoms with van der Waals surface area (Å²) in [6.07, 6.45) is 0.596. The average molecular weight is 292 g/mol. The first kappa shape index (κ1) is 13.4. The van der Waals surface area contributed by atoms with Crippen molar-refractivity contribution in [1.29, 1.82) is 0 Å². The third-order valence-electron chi connectivity index (χ3n) is 3.05. The molecule has 0 unspecified atom stereocenters. The van der Waals surface area contributed by atoms with E-state index < -0.39 is 11.6 Å². The number of hydrogen-bond donors (Lipinski definition) is 0. The zero-order valence-electron chi connectivity index (χ0n) is 10.8. The van der Waals surface area contributed by atoms with Gasteiger partial charge in [-0.1, -0.05) is 12.1 Å². The molecule has 0 saturated heterocycles. The Kier molecular flexibility index (Phi) is 3.43. The van der Waals surface area contributed by atoms with Crippen LogP contribution in [-0.4, -0.2) is 13.1 Å². The van der Waals surface area contributed by atoms with Crippen LogP contribution in [0.3, 0.4) is 0 Å². The molecule has 21 heavy (non-hydrogen) atoms. The molecular formula is C15H10F2O4. The molecule has 0 saturated carbocycles. The number of carbonyl (C=O) groups excluding carboxylic acids is 1. The van der Waals surface area contributed by atoms with Gasteiger partial charge in [0.05, 0.1) is 5.56 Å². The van der Waals surface area contributed by atoms with E-state index in [1.54, 1.807) is 0 Å². The van der Waals surface area contributed by atoms with E-state index in [9.17, 15) is 13.6 Å². The summed E-state index contributed by atoms with van der Waals surface area (Å²) in [7, 11) is 0. The van der Waals surface area contributed by atoms with Crippen LogP contribution in [-0.2, 0) is 6.61 Å². The van der Waals surface area contributed by atoms with Gasteiger partial charge in [0.2, 0.25) is 6.79 Å². The van der Waals surface area contributed by atoms with Gasteiger partial charge in [0, 0.05) is 11.6 Å². The van der Waals surface area contributed by atoms with Crippen LogP contribution in [0.15, 0.2) is 30.3 Å². The largest absolute Gasteiger partial charge is 0.488 e. The van der Waals surface area contributed by atoms with Gasteiger partial charge in [0.1, 0.15) is 12.4 Å². The van der Waals surface area contributed by atoms with Crippen molar-refractivity contribution < 1.29 is 27.8 Å². The lowest BCUT2D eigenvalue weighted by Gasteiger charge is -2.10. The molecule has 0 aliphatic carbocycles. The number of aldehydes is 1. The minimum Gasteiger partial charge on any atom is -0.488 e. The second-order valence-electron chi connectivity index (χ2n) is 4.36. The van der Waals surface area contributed by atoms with Crippen molar-refractivity contribution in [3.8, 4) is 17.2 Å². The SMILES string of the molecule is O=Cc1cc2c(cc1OCc1cccc(F)c1F)OCO2. The lowest BCUT2D eigenvalue weighted by molar-refractivity contribution is 0.111. The highest BCUT2D eigenvalue weighted by atomic mass is 19.2. The smallest absolute Gasteiger partial charge is 0.231 e. The minimum absolute atomic E-state index is 0.0597. The number of ether oxygens (including phenoxy) is 3. The Morgan fingerprint density at radius 3 is 2.71 bits per heavy atom. The minimum atomic E-state index is -0.967. The van der Waals surface area contributed by atoms with Gasteiger partial charge in [-0.05, 0) is 12.1 Å². The lowest BCUT2D eigenvalue weighted by Crippen LogP contribution is -2.02. The van der Waals surface area contributed by atoms with Crippen molar-refractivity contribution >= 4 is 6.29 Å². The summed E-state index contributed by atoms with van der Waals surface area (Å²) < 4.78 is 42.4. The Balaban J connectivity index is 1.85. The maximum Gasteiger partial charge on any atom is 0.231 e. The molecule has 6 heteroatoms. The van der Waals surface area contributed by atoms with E-state index in [1.165, 1.54) is 24.3 Å². The topological polar surface area (TPSA) is 44.8 Å². The number of benzene rings is 2. The number of halogens is 2. The number of fused-ring (bicyclic) bond motifs is 1. The number of carbonyl (C=O) groups is 1. The van der Waals surface area contributed by atoms with Crippen LogP contribution >= 0.6 is 0 Å². The normalized spacial score (nSPS) is 12.3. The molecule has 0 amide bonds. The van der Waals surface area contributed by atoms with Crippen molar-refractivity contribution in [1.82, 2.24) is 0 Å². The fourth-order valence-corrected chi connectivity index (χ4v) is 1.97. The zero-order chi connectivity index (χ0) is 14.8. The highest BCUT2D eigenvalue weighted by Crippen LogP contribution is 2.37. The third kappa shape index (κ3) is 2.52. The summed E-state index contributed by atoms with van der Waals surface area (Å²) in [6.45, 7) is -0.139. The first-order chi connectivity index (χ1) is 10.2. The van der Waals surface area contributed by atoms with Gasteiger partial charge in [-0.3, -0.25) is 4.79 Å². The van der Waals surface area contributed by atoms with Crippen molar-refractivity contribution in [2.24, 2.45) is 0 Å². The summed E-state index contributed by atoms with van der Waals surface area (Å²) in [5.41, 5.74) is 0.306. The van der Waals surface area contributed by atoms with Crippen LogP contribution in [0.2, 0.25) is 0 Å². The quantitative estimate of drug-likeness (QED) is 0.812. The Bertz CT molecular complexity index is 700. The van der Waals surface area contributed by atoms with E-state index in [0.29, 0.717) is 17.8 Å². The molecule has 0 bridgehead atoms. The zero-order valence-corrected chi connectivity index (χ0v) is 10.8. The predicted molar refractivity (Wildman–Crippen MR) is 68.6 cm³/mol. The van der Waals surface area contributed by atoms with Crippen LogP contribution in [0.4, 0.5) is 8.78 Å². The van der Waals surface area contributed by atoms with Crippen molar-refractivity contribution in [3.63, 3.8) is 0 Å². The van der Waals surface area contributed by atoms with Crippen molar-refractivity contribution in [3.05, 3.63) is 53.1 Å². The monoisotopic (exact) mass is 292 g/mol. The van der Waals surface area contributed by atoms with Crippen LogP contribution in [0.25, 0.3) is 0 Å². The maximum absolute atomic E-state index is 13.5. The Morgan fingerprint density at radius 2 is 1.95 bits per heavy atom. The summed E-state index contributed by atoms with van der Waals surface area (Å²) in [5, 5.41) is 0. The van der Waals surface area contributed by atoms with Gasteiger partial charge in [-0.15, -0.1) is 0 Å². The van der Waals surface area contributed by atoms with Crippen molar-refractivity contribution in [2.45, 2.75) is 6.61 Å². The van der Waals surface area contributed by atoms with Gasteiger partial charge < -0.3 is 14.2 Å². The van der Waals surface area contributed by atoms with E-state index in [1.807, 2.05) is 0 Å². The third-order valence-corrected chi connectivity index (χ3v) is 3.05. The highest BCUT2D eigenvalue weighted by Gasteiger charge is 2.18. The summed E-state index contributed by atoms with van der Waals surface area (Å²) in [6, 6.07) is 6.79. The van der Waals surface area contributed by atoms with Gasteiger partial charge in [-0.25, -0.2) is 8.78 Å². The molecule has 1 aliphatic heterocycles. The second-order valence-corrected chi connectivity index (χ2v) is 4.36. The highest BCUT2D eigenvalue weighted by molar-refractivity contribution is 5.81. The second kappa shape index (κ2) is 5.40.